The van der Waals surface area contributed by atoms with E-state index in [-0.39, 0.29) is 36.1 Å². The van der Waals surface area contributed by atoms with Crippen LogP contribution in [0.3, 0.4) is 0 Å². The zero-order valence-electron chi connectivity index (χ0n) is 15.6. The monoisotopic (exact) mass is 502 g/mol. The Morgan fingerprint density at radius 3 is 2.48 bits per heavy atom. The molecule has 0 spiro atoms. The van der Waals surface area contributed by atoms with E-state index in [2.05, 4.69) is 27.6 Å². The van der Waals surface area contributed by atoms with Crippen LogP contribution in [-0.4, -0.2) is 44.1 Å². The average Bonchev–Trinajstić information content (AvgIpc) is 2.58. The molecule has 0 saturated carbocycles. The van der Waals surface area contributed by atoms with E-state index in [0.717, 1.165) is 44.6 Å². The molecule has 154 valence electrons. The minimum absolute atomic E-state index is 0. The molecule has 1 aliphatic rings. The quantitative estimate of drug-likeness (QED) is 0.278. The summed E-state index contributed by atoms with van der Waals surface area (Å²) in [7, 11) is 2.09. The van der Waals surface area contributed by atoms with Gasteiger partial charge in [-0.3, -0.25) is 0 Å². The van der Waals surface area contributed by atoms with Crippen molar-refractivity contribution in [3.63, 3.8) is 0 Å². The van der Waals surface area contributed by atoms with Crippen LogP contribution >= 0.6 is 24.0 Å². The smallest absolute Gasteiger partial charge is 0.357 e. The van der Waals surface area contributed by atoms with Crippen LogP contribution in [-0.2, 0) is 12.7 Å². The van der Waals surface area contributed by atoms with Gasteiger partial charge in [0.1, 0.15) is 5.82 Å². The molecule has 9 heteroatoms. The van der Waals surface area contributed by atoms with Gasteiger partial charge in [-0.25, -0.2) is 9.38 Å². The maximum absolute atomic E-state index is 13.2. The second-order valence-corrected chi connectivity index (χ2v) is 6.62. The second kappa shape index (κ2) is 11.0. The van der Waals surface area contributed by atoms with Gasteiger partial charge in [-0.05, 0) is 63.5 Å². The number of benzene rings is 1. The summed E-state index contributed by atoms with van der Waals surface area (Å²) in [6, 6.07) is 2.69. The number of halogens is 5. The van der Waals surface area contributed by atoms with E-state index in [1.54, 1.807) is 0 Å². The largest absolute Gasteiger partial charge is 0.416 e. The first-order valence-electron chi connectivity index (χ1n) is 8.86. The van der Waals surface area contributed by atoms with E-state index in [4.69, 9.17) is 0 Å². The van der Waals surface area contributed by atoms with Gasteiger partial charge in [-0.1, -0.05) is 6.07 Å². The number of nitrogens with one attached hydrogen (secondary N) is 2. The molecular weight excluding hydrogens is 475 g/mol. The third kappa shape index (κ3) is 7.81. The predicted molar refractivity (Wildman–Crippen MR) is 110 cm³/mol. The molecule has 1 aliphatic heterocycles. The highest BCUT2D eigenvalue weighted by atomic mass is 127. The van der Waals surface area contributed by atoms with Crippen LogP contribution < -0.4 is 10.6 Å². The van der Waals surface area contributed by atoms with Crippen LogP contribution in [0.15, 0.2) is 23.2 Å². The van der Waals surface area contributed by atoms with Crippen molar-refractivity contribution in [2.24, 2.45) is 10.9 Å². The summed E-state index contributed by atoms with van der Waals surface area (Å²) >= 11 is 0. The summed E-state index contributed by atoms with van der Waals surface area (Å²) in [5.74, 6) is 0.0906. The van der Waals surface area contributed by atoms with E-state index in [9.17, 15) is 17.6 Å². The Kier molecular flexibility index (Phi) is 9.78. The molecule has 2 N–H and O–H groups in total. The highest BCUT2D eigenvalue weighted by Crippen LogP contribution is 2.32. The standard InChI is InChI=1S/C18H26F4N4.HI/c1-3-23-17(24-11-13-6-8-26(2)9-7-13)25-12-14-4-5-15(19)10-16(14)18(20,21)22;/h4-5,10,13H,3,6-9,11-12H2,1-2H3,(H2,23,24,25);1H. The summed E-state index contributed by atoms with van der Waals surface area (Å²) in [5, 5.41) is 6.25. The van der Waals surface area contributed by atoms with Crippen molar-refractivity contribution in [2.75, 3.05) is 33.2 Å². The van der Waals surface area contributed by atoms with Crippen molar-refractivity contribution in [1.82, 2.24) is 15.5 Å². The lowest BCUT2D eigenvalue weighted by Crippen LogP contribution is -2.42. The van der Waals surface area contributed by atoms with Crippen LogP contribution in [0.2, 0.25) is 0 Å². The van der Waals surface area contributed by atoms with Crippen LogP contribution in [0.25, 0.3) is 0 Å². The van der Waals surface area contributed by atoms with Gasteiger partial charge in [0, 0.05) is 13.1 Å². The molecule has 0 aromatic heterocycles. The Hall–Kier alpha value is -1.10. The zero-order chi connectivity index (χ0) is 19.2. The lowest BCUT2D eigenvalue weighted by atomic mass is 9.97. The SMILES string of the molecule is CCNC(=NCc1ccc(F)cc1C(F)(F)F)NCC1CCN(C)CC1.I. The summed E-state index contributed by atoms with van der Waals surface area (Å²) in [6.45, 7) is 5.16. The molecular formula is C18H27F4IN4. The molecule has 0 radical (unpaired) electrons. The van der Waals surface area contributed by atoms with E-state index >= 15 is 0 Å². The Labute approximate surface area is 174 Å². The van der Waals surface area contributed by atoms with Gasteiger partial charge in [0.2, 0.25) is 0 Å². The Morgan fingerprint density at radius 1 is 1.22 bits per heavy atom. The van der Waals surface area contributed by atoms with Gasteiger partial charge >= 0.3 is 6.18 Å². The van der Waals surface area contributed by atoms with Crippen molar-refractivity contribution in [3.05, 3.63) is 35.1 Å². The first-order chi connectivity index (χ1) is 12.3. The fraction of sp³-hybridized carbons (Fsp3) is 0.611. The van der Waals surface area contributed by atoms with Crippen LogP contribution in [0.5, 0.6) is 0 Å². The lowest BCUT2D eigenvalue weighted by Gasteiger charge is -2.29. The van der Waals surface area contributed by atoms with Crippen molar-refractivity contribution >= 4 is 29.9 Å². The molecule has 0 bridgehead atoms. The maximum atomic E-state index is 13.2. The van der Waals surface area contributed by atoms with E-state index in [1.807, 2.05) is 6.92 Å². The fourth-order valence-electron chi connectivity index (χ4n) is 2.96. The van der Waals surface area contributed by atoms with Crippen molar-refractivity contribution in [2.45, 2.75) is 32.5 Å². The number of likely N-dealkylation sites (tertiary alicyclic amines) is 1. The number of guanidine groups is 1. The normalized spacial score (nSPS) is 16.7. The average molecular weight is 502 g/mol. The molecule has 0 atom stereocenters. The van der Waals surface area contributed by atoms with Crippen molar-refractivity contribution in [1.29, 1.82) is 0 Å². The van der Waals surface area contributed by atoms with Crippen molar-refractivity contribution in [3.8, 4) is 0 Å². The van der Waals surface area contributed by atoms with Gasteiger partial charge < -0.3 is 15.5 Å². The molecule has 1 fully saturated rings. The van der Waals surface area contributed by atoms with Crippen LogP contribution in [0.1, 0.15) is 30.9 Å². The van der Waals surface area contributed by atoms with E-state index < -0.39 is 17.6 Å². The molecule has 0 unspecified atom stereocenters. The predicted octanol–water partition coefficient (Wildman–Crippen LogP) is 3.86. The van der Waals surface area contributed by atoms with Gasteiger partial charge in [-0.2, -0.15) is 13.2 Å². The van der Waals surface area contributed by atoms with E-state index in [1.165, 1.54) is 0 Å². The molecule has 1 aromatic carbocycles. The second-order valence-electron chi connectivity index (χ2n) is 6.62. The van der Waals surface area contributed by atoms with Crippen LogP contribution in [0, 0.1) is 11.7 Å². The van der Waals surface area contributed by atoms with Crippen molar-refractivity contribution < 1.29 is 17.6 Å². The number of aliphatic imine (C=N–C) groups is 1. The summed E-state index contributed by atoms with van der Waals surface area (Å²) in [6.07, 6.45) is -2.44. The van der Waals surface area contributed by atoms with Gasteiger partial charge in [0.15, 0.2) is 5.96 Å². The zero-order valence-corrected chi connectivity index (χ0v) is 17.9. The molecule has 0 aliphatic carbocycles. The summed E-state index contributed by atoms with van der Waals surface area (Å²) < 4.78 is 52.4. The Balaban J connectivity index is 0.00000364. The molecule has 4 nitrogen and oxygen atoms in total. The molecule has 1 saturated heterocycles. The fourth-order valence-corrected chi connectivity index (χ4v) is 2.96. The molecule has 1 heterocycles. The molecule has 2 rings (SSSR count). The summed E-state index contributed by atoms with van der Waals surface area (Å²) in [4.78, 5) is 6.53. The van der Waals surface area contributed by atoms with Gasteiger partial charge in [0.25, 0.3) is 0 Å². The topological polar surface area (TPSA) is 39.7 Å². The highest BCUT2D eigenvalue weighted by Gasteiger charge is 2.33. The number of nitrogens with zero attached hydrogens (tertiary/aromatic N) is 2. The number of alkyl halides is 3. The number of rotatable bonds is 5. The minimum Gasteiger partial charge on any atom is -0.357 e. The number of piperidine rings is 1. The summed E-state index contributed by atoms with van der Waals surface area (Å²) in [5.41, 5.74) is -1.03. The van der Waals surface area contributed by atoms with Gasteiger partial charge in [0.05, 0.1) is 12.1 Å². The Morgan fingerprint density at radius 2 is 1.89 bits per heavy atom. The minimum atomic E-state index is -4.60. The van der Waals surface area contributed by atoms with Gasteiger partial charge in [-0.15, -0.1) is 24.0 Å². The maximum Gasteiger partial charge on any atom is 0.416 e. The number of hydrogen-bond acceptors (Lipinski definition) is 2. The molecule has 27 heavy (non-hydrogen) atoms. The first-order valence-corrected chi connectivity index (χ1v) is 8.86. The van der Waals surface area contributed by atoms with Crippen LogP contribution in [0.4, 0.5) is 17.6 Å². The lowest BCUT2D eigenvalue weighted by molar-refractivity contribution is -0.138. The molecule has 1 aromatic rings. The number of hydrogen-bond donors (Lipinski definition) is 2. The van der Waals surface area contributed by atoms with E-state index in [0.29, 0.717) is 24.5 Å². The first kappa shape index (κ1) is 23.9. The third-order valence-electron chi connectivity index (χ3n) is 4.53. The third-order valence-corrected chi connectivity index (χ3v) is 4.53. The Bertz CT molecular complexity index is 614. The molecule has 0 amide bonds. The highest BCUT2D eigenvalue weighted by molar-refractivity contribution is 14.0.